The topological polar surface area (TPSA) is 29.1 Å². The molecule has 2 heteroatoms. The van der Waals surface area contributed by atoms with Gasteiger partial charge in [-0.15, -0.1) is 0 Å². The number of carbonyl (C=O) groups excluding carboxylic acids is 1. The Kier molecular flexibility index (Phi) is 3.86. The Morgan fingerprint density at radius 1 is 1.45 bits per heavy atom. The quantitative estimate of drug-likeness (QED) is 0.604. The molecule has 0 aliphatic heterocycles. The van der Waals surface area contributed by atoms with Gasteiger partial charge in [0, 0.05) is 6.54 Å². The van der Waals surface area contributed by atoms with Crippen LogP contribution in [0, 0.1) is 5.41 Å². The molecule has 0 saturated heterocycles. The minimum atomic E-state index is -0.0116. The maximum atomic E-state index is 10.9. The van der Waals surface area contributed by atoms with Crippen molar-refractivity contribution >= 4 is 5.91 Å². The van der Waals surface area contributed by atoms with Gasteiger partial charge in [-0.1, -0.05) is 26.8 Å². The molecule has 0 spiro atoms. The molecular weight excluding hydrogens is 138 g/mol. The van der Waals surface area contributed by atoms with E-state index >= 15 is 0 Å². The van der Waals surface area contributed by atoms with Crippen LogP contribution in [0.3, 0.4) is 0 Å². The lowest BCUT2D eigenvalue weighted by Gasteiger charge is -2.17. The number of hydrogen-bond acceptors (Lipinski definition) is 1. The smallest absolute Gasteiger partial charge is 0.243 e. The highest BCUT2D eigenvalue weighted by atomic mass is 16.1. The molecule has 0 heterocycles. The van der Waals surface area contributed by atoms with E-state index in [9.17, 15) is 4.79 Å². The third kappa shape index (κ3) is 7.10. The average Bonchev–Trinajstić information content (AvgIpc) is 1.83. The normalized spacial score (nSPS) is 12.0. The van der Waals surface area contributed by atoms with Crippen LogP contribution in [-0.4, -0.2) is 12.5 Å². The lowest BCUT2D eigenvalue weighted by molar-refractivity contribution is -0.116. The van der Waals surface area contributed by atoms with Gasteiger partial charge in [-0.25, -0.2) is 0 Å². The van der Waals surface area contributed by atoms with Crippen LogP contribution in [0.5, 0.6) is 0 Å². The second-order valence-electron chi connectivity index (χ2n) is 3.78. The van der Waals surface area contributed by atoms with Crippen LogP contribution in [0.1, 0.15) is 27.7 Å². The van der Waals surface area contributed by atoms with Gasteiger partial charge in [0.05, 0.1) is 0 Å². The first-order valence-corrected chi connectivity index (χ1v) is 3.86. The van der Waals surface area contributed by atoms with Crippen molar-refractivity contribution in [3.63, 3.8) is 0 Å². The van der Waals surface area contributed by atoms with Gasteiger partial charge in [0.25, 0.3) is 0 Å². The summed E-state index contributed by atoms with van der Waals surface area (Å²) >= 11 is 0. The second kappa shape index (κ2) is 4.16. The van der Waals surface area contributed by atoms with Crippen LogP contribution < -0.4 is 5.32 Å². The Labute approximate surface area is 68.7 Å². The first kappa shape index (κ1) is 10.2. The Bertz CT molecular complexity index is 153. The van der Waals surface area contributed by atoms with E-state index in [1.807, 2.05) is 6.92 Å². The summed E-state index contributed by atoms with van der Waals surface area (Å²) in [5.41, 5.74) is 0.164. The maximum absolute atomic E-state index is 10.9. The van der Waals surface area contributed by atoms with Crippen molar-refractivity contribution in [2.75, 3.05) is 6.54 Å². The van der Waals surface area contributed by atoms with E-state index in [0.717, 1.165) is 6.54 Å². The van der Waals surface area contributed by atoms with Gasteiger partial charge in [0.15, 0.2) is 0 Å². The highest BCUT2D eigenvalue weighted by Gasteiger charge is 2.09. The summed E-state index contributed by atoms with van der Waals surface area (Å²) in [4.78, 5) is 10.9. The molecule has 64 valence electrons. The lowest BCUT2D eigenvalue weighted by Crippen LogP contribution is -2.30. The highest BCUT2D eigenvalue weighted by Crippen LogP contribution is 2.09. The molecule has 0 aromatic heterocycles. The third-order valence-corrected chi connectivity index (χ3v) is 1.11. The molecule has 0 atom stereocenters. The summed E-state index contributed by atoms with van der Waals surface area (Å²) in [7, 11) is 0. The van der Waals surface area contributed by atoms with E-state index in [-0.39, 0.29) is 11.3 Å². The van der Waals surface area contributed by atoms with Crippen LogP contribution >= 0.6 is 0 Å². The van der Waals surface area contributed by atoms with E-state index in [1.54, 1.807) is 6.08 Å². The standard InChI is InChI=1S/C9H17NO/c1-5-6-8(11)10-7-9(2,3)4/h5-6H,7H2,1-4H3,(H,10,11)/b6-5+. The molecule has 0 bridgehead atoms. The minimum absolute atomic E-state index is 0.0116. The van der Waals surface area contributed by atoms with Gasteiger partial charge < -0.3 is 5.32 Å². The van der Waals surface area contributed by atoms with Crippen LogP contribution in [0.15, 0.2) is 12.2 Å². The molecule has 1 amide bonds. The number of hydrogen-bond donors (Lipinski definition) is 1. The Hall–Kier alpha value is -0.790. The van der Waals surface area contributed by atoms with E-state index in [2.05, 4.69) is 26.1 Å². The maximum Gasteiger partial charge on any atom is 0.243 e. The van der Waals surface area contributed by atoms with E-state index in [1.165, 1.54) is 6.08 Å². The van der Waals surface area contributed by atoms with Gasteiger partial charge in [-0.3, -0.25) is 4.79 Å². The summed E-state index contributed by atoms with van der Waals surface area (Å²) in [6, 6.07) is 0. The zero-order chi connectivity index (χ0) is 8.91. The SMILES string of the molecule is C/C=C/C(=O)NCC(C)(C)C. The summed E-state index contributed by atoms with van der Waals surface area (Å²) in [6.07, 6.45) is 3.27. The largest absolute Gasteiger partial charge is 0.352 e. The van der Waals surface area contributed by atoms with Crippen LogP contribution in [-0.2, 0) is 4.79 Å². The predicted molar refractivity (Wildman–Crippen MR) is 47.3 cm³/mol. The molecule has 0 radical (unpaired) electrons. The van der Waals surface area contributed by atoms with Gasteiger partial charge in [0.2, 0.25) is 5.91 Å². The van der Waals surface area contributed by atoms with Crippen molar-refractivity contribution in [1.82, 2.24) is 5.32 Å². The van der Waals surface area contributed by atoms with E-state index in [4.69, 9.17) is 0 Å². The fourth-order valence-corrected chi connectivity index (χ4v) is 0.563. The molecule has 2 nitrogen and oxygen atoms in total. The molecule has 0 unspecified atom stereocenters. The Balaban J connectivity index is 3.63. The molecule has 0 fully saturated rings. The molecule has 11 heavy (non-hydrogen) atoms. The average molecular weight is 155 g/mol. The second-order valence-corrected chi connectivity index (χ2v) is 3.78. The molecular formula is C9H17NO. The Morgan fingerprint density at radius 2 is 2.00 bits per heavy atom. The van der Waals surface area contributed by atoms with Crippen molar-refractivity contribution in [1.29, 1.82) is 0 Å². The molecule has 0 aromatic rings. The lowest BCUT2D eigenvalue weighted by atomic mass is 9.97. The summed E-state index contributed by atoms with van der Waals surface area (Å²) in [5, 5.41) is 2.80. The van der Waals surface area contributed by atoms with Crippen molar-refractivity contribution in [2.24, 2.45) is 5.41 Å². The zero-order valence-corrected chi connectivity index (χ0v) is 7.77. The third-order valence-electron chi connectivity index (χ3n) is 1.11. The fraction of sp³-hybridized carbons (Fsp3) is 0.667. The summed E-state index contributed by atoms with van der Waals surface area (Å²) in [5.74, 6) is -0.0116. The predicted octanol–water partition coefficient (Wildman–Crippen LogP) is 1.72. The van der Waals surface area contributed by atoms with Gasteiger partial charge in [-0.2, -0.15) is 0 Å². The zero-order valence-electron chi connectivity index (χ0n) is 7.77. The fourth-order valence-electron chi connectivity index (χ4n) is 0.563. The molecule has 0 aliphatic carbocycles. The van der Waals surface area contributed by atoms with Crippen molar-refractivity contribution in [3.05, 3.63) is 12.2 Å². The molecule has 1 N–H and O–H groups in total. The van der Waals surface area contributed by atoms with Crippen LogP contribution in [0.2, 0.25) is 0 Å². The van der Waals surface area contributed by atoms with Gasteiger partial charge >= 0.3 is 0 Å². The van der Waals surface area contributed by atoms with Crippen LogP contribution in [0.25, 0.3) is 0 Å². The summed E-state index contributed by atoms with van der Waals surface area (Å²) in [6.45, 7) is 8.81. The number of amides is 1. The Morgan fingerprint density at radius 3 is 2.36 bits per heavy atom. The first-order valence-electron chi connectivity index (χ1n) is 3.86. The minimum Gasteiger partial charge on any atom is -0.352 e. The van der Waals surface area contributed by atoms with Crippen molar-refractivity contribution in [3.8, 4) is 0 Å². The van der Waals surface area contributed by atoms with E-state index in [0.29, 0.717) is 0 Å². The van der Waals surface area contributed by atoms with Crippen molar-refractivity contribution in [2.45, 2.75) is 27.7 Å². The van der Waals surface area contributed by atoms with Gasteiger partial charge in [0.1, 0.15) is 0 Å². The van der Waals surface area contributed by atoms with E-state index < -0.39 is 0 Å². The molecule has 0 aromatic carbocycles. The molecule has 0 rings (SSSR count). The van der Waals surface area contributed by atoms with Gasteiger partial charge in [-0.05, 0) is 18.4 Å². The first-order chi connectivity index (χ1) is 4.95. The molecule has 0 saturated carbocycles. The number of rotatable bonds is 2. The summed E-state index contributed by atoms with van der Waals surface area (Å²) < 4.78 is 0. The molecule has 0 aliphatic rings. The van der Waals surface area contributed by atoms with Crippen LogP contribution in [0.4, 0.5) is 0 Å². The highest BCUT2D eigenvalue weighted by molar-refractivity contribution is 5.87. The van der Waals surface area contributed by atoms with Crippen molar-refractivity contribution < 1.29 is 4.79 Å². The number of allylic oxidation sites excluding steroid dienone is 1. The monoisotopic (exact) mass is 155 g/mol. The number of nitrogens with one attached hydrogen (secondary N) is 1. The number of carbonyl (C=O) groups is 1.